The number of halogens is 1. The molecule has 102 valence electrons. The molecule has 20 heavy (non-hydrogen) atoms. The fourth-order valence-corrected chi connectivity index (χ4v) is 1.75. The van der Waals surface area contributed by atoms with Crippen molar-refractivity contribution in [3.63, 3.8) is 0 Å². The Labute approximate surface area is 122 Å². The molecule has 4 nitrogen and oxygen atoms in total. The largest absolute Gasteiger partial charge is 0.399 e. The SMILES string of the molecule is Cc1cc(NC(=O)/C=C/c2cccc(N)c2)cnc1Cl. The van der Waals surface area contributed by atoms with Crippen LogP contribution < -0.4 is 11.1 Å². The molecule has 0 saturated heterocycles. The van der Waals surface area contributed by atoms with Gasteiger partial charge in [-0.3, -0.25) is 4.79 Å². The molecule has 5 heteroatoms. The number of carbonyl (C=O) groups excluding carboxylic acids is 1. The van der Waals surface area contributed by atoms with Crippen LogP contribution in [0, 0.1) is 6.92 Å². The van der Waals surface area contributed by atoms with E-state index in [9.17, 15) is 4.79 Å². The number of rotatable bonds is 3. The zero-order valence-corrected chi connectivity index (χ0v) is 11.7. The second-order valence-electron chi connectivity index (χ2n) is 4.32. The Bertz CT molecular complexity index is 668. The molecule has 2 rings (SSSR count). The van der Waals surface area contributed by atoms with E-state index in [2.05, 4.69) is 10.3 Å². The molecular weight excluding hydrogens is 274 g/mol. The molecule has 0 aliphatic carbocycles. The van der Waals surface area contributed by atoms with E-state index in [1.165, 1.54) is 12.3 Å². The number of nitrogen functional groups attached to an aromatic ring is 1. The molecular formula is C15H14ClN3O. The number of carbonyl (C=O) groups is 1. The van der Waals surface area contributed by atoms with Gasteiger partial charge in [-0.2, -0.15) is 0 Å². The van der Waals surface area contributed by atoms with E-state index in [0.717, 1.165) is 11.1 Å². The minimum absolute atomic E-state index is 0.240. The van der Waals surface area contributed by atoms with Gasteiger partial charge in [-0.15, -0.1) is 0 Å². The summed E-state index contributed by atoms with van der Waals surface area (Å²) in [6, 6.07) is 9.05. The van der Waals surface area contributed by atoms with Gasteiger partial charge in [-0.05, 0) is 42.3 Å². The highest BCUT2D eigenvalue weighted by Gasteiger charge is 2.01. The first kappa shape index (κ1) is 14.1. The molecule has 0 saturated carbocycles. The third-order valence-electron chi connectivity index (χ3n) is 2.62. The van der Waals surface area contributed by atoms with E-state index < -0.39 is 0 Å². The van der Waals surface area contributed by atoms with E-state index >= 15 is 0 Å². The maximum Gasteiger partial charge on any atom is 0.248 e. The van der Waals surface area contributed by atoms with E-state index in [-0.39, 0.29) is 5.91 Å². The van der Waals surface area contributed by atoms with Crippen molar-refractivity contribution < 1.29 is 4.79 Å². The van der Waals surface area contributed by atoms with Crippen LogP contribution in [-0.2, 0) is 4.79 Å². The van der Waals surface area contributed by atoms with Gasteiger partial charge >= 0.3 is 0 Å². The summed E-state index contributed by atoms with van der Waals surface area (Å²) in [5, 5.41) is 3.15. The van der Waals surface area contributed by atoms with Gasteiger partial charge in [0.05, 0.1) is 11.9 Å². The van der Waals surface area contributed by atoms with Gasteiger partial charge < -0.3 is 11.1 Å². The fourth-order valence-electron chi connectivity index (χ4n) is 1.64. The van der Waals surface area contributed by atoms with Crippen LogP contribution in [0.1, 0.15) is 11.1 Å². The number of aryl methyl sites for hydroxylation is 1. The van der Waals surface area contributed by atoms with Crippen LogP contribution in [0.4, 0.5) is 11.4 Å². The molecule has 3 N–H and O–H groups in total. The number of amides is 1. The maximum absolute atomic E-state index is 11.8. The van der Waals surface area contributed by atoms with Gasteiger partial charge in [0.15, 0.2) is 0 Å². The Morgan fingerprint density at radius 3 is 2.90 bits per heavy atom. The Morgan fingerprint density at radius 1 is 1.40 bits per heavy atom. The molecule has 1 aromatic carbocycles. The van der Waals surface area contributed by atoms with Gasteiger partial charge in [0.2, 0.25) is 5.91 Å². The zero-order chi connectivity index (χ0) is 14.5. The third-order valence-corrected chi connectivity index (χ3v) is 3.02. The molecule has 1 heterocycles. The second kappa shape index (κ2) is 6.21. The van der Waals surface area contributed by atoms with Crippen LogP contribution in [0.5, 0.6) is 0 Å². The monoisotopic (exact) mass is 287 g/mol. The van der Waals surface area contributed by atoms with Gasteiger partial charge in [0, 0.05) is 11.8 Å². The van der Waals surface area contributed by atoms with Crippen molar-refractivity contribution in [1.29, 1.82) is 0 Å². The number of hydrogen-bond donors (Lipinski definition) is 2. The zero-order valence-electron chi connectivity index (χ0n) is 10.9. The highest BCUT2D eigenvalue weighted by molar-refractivity contribution is 6.30. The summed E-state index contributed by atoms with van der Waals surface area (Å²) in [7, 11) is 0. The van der Waals surface area contributed by atoms with Crippen LogP contribution >= 0.6 is 11.6 Å². The van der Waals surface area contributed by atoms with Crippen LogP contribution in [-0.4, -0.2) is 10.9 Å². The van der Waals surface area contributed by atoms with E-state index in [0.29, 0.717) is 16.5 Å². The molecule has 2 aromatic rings. The summed E-state index contributed by atoms with van der Waals surface area (Å²) in [5.74, 6) is -0.240. The molecule has 0 unspecified atom stereocenters. The average molecular weight is 288 g/mol. The minimum atomic E-state index is -0.240. The normalized spacial score (nSPS) is 10.7. The van der Waals surface area contributed by atoms with Crippen molar-refractivity contribution >= 4 is 35.0 Å². The predicted molar refractivity (Wildman–Crippen MR) is 82.5 cm³/mol. The summed E-state index contributed by atoms with van der Waals surface area (Å²) in [5.41, 5.74) is 8.60. The fraction of sp³-hybridized carbons (Fsp3) is 0.0667. The number of nitrogens with zero attached hydrogens (tertiary/aromatic N) is 1. The van der Waals surface area contributed by atoms with E-state index in [1.54, 1.807) is 24.3 Å². The number of benzene rings is 1. The molecule has 0 aliphatic heterocycles. The number of hydrogen-bond acceptors (Lipinski definition) is 3. The highest BCUT2D eigenvalue weighted by atomic mass is 35.5. The smallest absolute Gasteiger partial charge is 0.248 e. The first-order chi connectivity index (χ1) is 9.54. The van der Waals surface area contributed by atoms with Crippen LogP contribution in [0.2, 0.25) is 5.15 Å². The molecule has 0 aliphatic rings. The van der Waals surface area contributed by atoms with E-state index in [1.807, 2.05) is 19.1 Å². The van der Waals surface area contributed by atoms with Gasteiger partial charge in [-0.25, -0.2) is 4.98 Å². The summed E-state index contributed by atoms with van der Waals surface area (Å²) in [6.07, 6.45) is 4.65. The van der Waals surface area contributed by atoms with E-state index in [4.69, 9.17) is 17.3 Å². The highest BCUT2D eigenvalue weighted by Crippen LogP contribution is 2.16. The quantitative estimate of drug-likeness (QED) is 0.517. The number of pyridine rings is 1. The maximum atomic E-state index is 11.8. The molecule has 0 spiro atoms. The lowest BCUT2D eigenvalue weighted by atomic mass is 10.2. The van der Waals surface area contributed by atoms with Crippen molar-refractivity contribution in [2.24, 2.45) is 0 Å². The van der Waals surface area contributed by atoms with Gasteiger partial charge in [-0.1, -0.05) is 23.7 Å². The number of nitrogens with one attached hydrogen (secondary N) is 1. The molecule has 1 amide bonds. The van der Waals surface area contributed by atoms with Crippen LogP contribution in [0.3, 0.4) is 0 Å². The van der Waals surface area contributed by atoms with Crippen molar-refractivity contribution in [1.82, 2.24) is 4.98 Å². The average Bonchev–Trinajstić information content (AvgIpc) is 2.41. The minimum Gasteiger partial charge on any atom is -0.399 e. The van der Waals surface area contributed by atoms with Crippen molar-refractivity contribution in [2.75, 3.05) is 11.1 Å². The number of anilines is 2. The van der Waals surface area contributed by atoms with Crippen molar-refractivity contribution in [3.8, 4) is 0 Å². The van der Waals surface area contributed by atoms with Crippen molar-refractivity contribution in [3.05, 3.63) is 58.9 Å². The number of aromatic nitrogens is 1. The molecule has 0 radical (unpaired) electrons. The number of nitrogens with two attached hydrogens (primary N) is 1. The molecule has 1 aromatic heterocycles. The lowest BCUT2D eigenvalue weighted by molar-refractivity contribution is -0.111. The molecule has 0 atom stereocenters. The summed E-state index contributed by atoms with van der Waals surface area (Å²) >= 11 is 5.82. The van der Waals surface area contributed by atoms with Crippen molar-refractivity contribution in [2.45, 2.75) is 6.92 Å². The van der Waals surface area contributed by atoms with Gasteiger partial charge in [0.25, 0.3) is 0 Å². The van der Waals surface area contributed by atoms with Crippen LogP contribution in [0.15, 0.2) is 42.6 Å². The summed E-state index contributed by atoms with van der Waals surface area (Å²) < 4.78 is 0. The second-order valence-corrected chi connectivity index (χ2v) is 4.68. The summed E-state index contributed by atoms with van der Waals surface area (Å²) in [6.45, 7) is 1.83. The topological polar surface area (TPSA) is 68.0 Å². The third kappa shape index (κ3) is 3.83. The first-order valence-electron chi connectivity index (χ1n) is 6.01. The standard InChI is InChI=1S/C15H14ClN3O/c1-10-7-13(9-18-15(10)16)19-14(20)6-5-11-3-2-4-12(17)8-11/h2-9H,17H2,1H3,(H,19,20)/b6-5+. The summed E-state index contributed by atoms with van der Waals surface area (Å²) in [4.78, 5) is 15.7. The molecule has 0 fully saturated rings. The predicted octanol–water partition coefficient (Wildman–Crippen LogP) is 3.28. The first-order valence-corrected chi connectivity index (χ1v) is 6.39. The Balaban J connectivity index is 2.03. The Kier molecular flexibility index (Phi) is 4.38. The lowest BCUT2D eigenvalue weighted by Gasteiger charge is -2.03. The van der Waals surface area contributed by atoms with Crippen LogP contribution in [0.25, 0.3) is 6.08 Å². The van der Waals surface area contributed by atoms with Gasteiger partial charge in [0.1, 0.15) is 5.15 Å². The Morgan fingerprint density at radius 2 is 2.20 bits per heavy atom. The lowest BCUT2D eigenvalue weighted by Crippen LogP contribution is -2.08. The molecule has 0 bridgehead atoms. The Hall–Kier alpha value is -2.33.